The number of carbonyl (C=O) groups excluding carboxylic acids is 1. The quantitative estimate of drug-likeness (QED) is 0.831. The zero-order valence-corrected chi connectivity index (χ0v) is 12.3. The van der Waals surface area contributed by atoms with E-state index in [0.717, 1.165) is 12.1 Å². The van der Waals surface area contributed by atoms with Crippen LogP contribution in [0.1, 0.15) is 21.6 Å². The highest BCUT2D eigenvalue weighted by molar-refractivity contribution is 9.09. The Morgan fingerprint density at radius 3 is 2.74 bits per heavy atom. The number of H-pyrrole nitrogens is 1. The fourth-order valence-corrected chi connectivity index (χ4v) is 2.28. The van der Waals surface area contributed by atoms with Gasteiger partial charge < -0.3 is 5.32 Å². The second-order valence-corrected chi connectivity index (χ2v) is 5.07. The van der Waals surface area contributed by atoms with E-state index in [4.69, 9.17) is 0 Å². The summed E-state index contributed by atoms with van der Waals surface area (Å²) in [6.07, 6.45) is 2.35. The molecule has 1 aromatic heterocycles. The van der Waals surface area contributed by atoms with Gasteiger partial charge in [0.05, 0.1) is 11.8 Å². The summed E-state index contributed by atoms with van der Waals surface area (Å²) in [6, 6.07) is 10.2. The molecule has 0 saturated heterocycles. The van der Waals surface area contributed by atoms with Crippen molar-refractivity contribution in [1.29, 1.82) is 0 Å². The van der Waals surface area contributed by atoms with Gasteiger partial charge in [-0.15, -0.1) is 0 Å². The Morgan fingerprint density at radius 1 is 1.42 bits per heavy atom. The zero-order valence-electron chi connectivity index (χ0n) is 10.7. The van der Waals surface area contributed by atoms with E-state index in [1.54, 1.807) is 6.20 Å². The van der Waals surface area contributed by atoms with E-state index in [-0.39, 0.29) is 11.9 Å². The molecule has 5 heteroatoms. The van der Waals surface area contributed by atoms with Gasteiger partial charge in [-0.05, 0) is 18.9 Å². The molecule has 100 valence electrons. The summed E-state index contributed by atoms with van der Waals surface area (Å²) >= 11 is 3.45. The maximum atomic E-state index is 12.1. The zero-order chi connectivity index (χ0) is 13.7. The van der Waals surface area contributed by atoms with Crippen LogP contribution in [0.15, 0.2) is 36.5 Å². The molecule has 0 aliphatic carbocycles. The lowest BCUT2D eigenvalue weighted by Gasteiger charge is -2.16. The van der Waals surface area contributed by atoms with E-state index in [1.165, 1.54) is 5.56 Å². The number of aromatic amines is 1. The first-order chi connectivity index (χ1) is 9.20. The molecule has 2 rings (SSSR count). The van der Waals surface area contributed by atoms with Gasteiger partial charge in [0, 0.05) is 17.1 Å². The first-order valence-electron chi connectivity index (χ1n) is 6.11. The first-order valence-corrected chi connectivity index (χ1v) is 7.23. The smallest absolute Gasteiger partial charge is 0.254 e. The van der Waals surface area contributed by atoms with Gasteiger partial charge in [-0.25, -0.2) is 0 Å². The van der Waals surface area contributed by atoms with Gasteiger partial charge >= 0.3 is 0 Å². The number of alkyl halides is 1. The lowest BCUT2D eigenvalue weighted by atomic mass is 10.1. The summed E-state index contributed by atoms with van der Waals surface area (Å²) in [4.78, 5) is 12.1. The van der Waals surface area contributed by atoms with Crippen LogP contribution in [0.25, 0.3) is 0 Å². The Morgan fingerprint density at radius 2 is 2.16 bits per heavy atom. The Balaban J connectivity index is 2.00. The number of hydrogen-bond donors (Lipinski definition) is 2. The van der Waals surface area contributed by atoms with Crippen LogP contribution < -0.4 is 5.32 Å². The van der Waals surface area contributed by atoms with Gasteiger partial charge in [-0.3, -0.25) is 9.89 Å². The number of rotatable bonds is 5. The van der Waals surface area contributed by atoms with Crippen LogP contribution in [0.4, 0.5) is 0 Å². The van der Waals surface area contributed by atoms with E-state index >= 15 is 0 Å². The Hall–Kier alpha value is -1.62. The molecule has 1 unspecified atom stereocenters. The fourth-order valence-electron chi connectivity index (χ4n) is 1.89. The molecule has 1 atom stereocenters. The number of amides is 1. The summed E-state index contributed by atoms with van der Waals surface area (Å²) < 4.78 is 0. The van der Waals surface area contributed by atoms with Crippen molar-refractivity contribution in [2.45, 2.75) is 19.4 Å². The van der Waals surface area contributed by atoms with Crippen molar-refractivity contribution >= 4 is 21.8 Å². The van der Waals surface area contributed by atoms with E-state index < -0.39 is 0 Å². The van der Waals surface area contributed by atoms with Crippen LogP contribution >= 0.6 is 15.9 Å². The SMILES string of the molecule is Cc1[nH]ncc1C(=O)NC(CBr)Cc1ccccc1. The van der Waals surface area contributed by atoms with Crippen molar-refractivity contribution in [3.63, 3.8) is 0 Å². The molecule has 19 heavy (non-hydrogen) atoms. The maximum absolute atomic E-state index is 12.1. The van der Waals surface area contributed by atoms with Crippen LogP contribution in [0.5, 0.6) is 0 Å². The Bertz CT molecular complexity index is 539. The third kappa shape index (κ3) is 3.67. The minimum Gasteiger partial charge on any atom is -0.348 e. The molecular weight excluding hydrogens is 306 g/mol. The van der Waals surface area contributed by atoms with Gasteiger partial charge in [0.2, 0.25) is 0 Å². The van der Waals surface area contributed by atoms with Crippen molar-refractivity contribution in [3.05, 3.63) is 53.3 Å². The van der Waals surface area contributed by atoms with Crippen LogP contribution in [0, 0.1) is 6.92 Å². The average molecular weight is 322 g/mol. The molecule has 0 aliphatic heterocycles. The fraction of sp³-hybridized carbons (Fsp3) is 0.286. The molecule has 2 aromatic rings. The topological polar surface area (TPSA) is 57.8 Å². The molecular formula is C14H16BrN3O. The lowest BCUT2D eigenvalue weighted by Crippen LogP contribution is -2.37. The molecule has 0 saturated carbocycles. The predicted molar refractivity (Wildman–Crippen MR) is 78.5 cm³/mol. The molecule has 4 nitrogen and oxygen atoms in total. The molecule has 1 amide bonds. The monoisotopic (exact) mass is 321 g/mol. The normalized spacial score (nSPS) is 12.1. The molecule has 0 aliphatic rings. The molecule has 0 fully saturated rings. The van der Waals surface area contributed by atoms with Crippen molar-refractivity contribution in [3.8, 4) is 0 Å². The van der Waals surface area contributed by atoms with E-state index in [0.29, 0.717) is 10.9 Å². The van der Waals surface area contributed by atoms with E-state index in [9.17, 15) is 4.79 Å². The highest BCUT2D eigenvalue weighted by Crippen LogP contribution is 2.08. The van der Waals surface area contributed by atoms with Crippen molar-refractivity contribution in [2.24, 2.45) is 0 Å². The largest absolute Gasteiger partial charge is 0.348 e. The molecule has 1 heterocycles. The van der Waals surface area contributed by atoms with E-state index in [2.05, 4.69) is 43.6 Å². The summed E-state index contributed by atoms with van der Waals surface area (Å²) in [5.41, 5.74) is 2.58. The number of hydrogen-bond acceptors (Lipinski definition) is 2. The second-order valence-electron chi connectivity index (χ2n) is 4.42. The Kier molecular flexibility index (Phi) is 4.74. The van der Waals surface area contributed by atoms with Gasteiger partial charge in [-0.2, -0.15) is 5.10 Å². The standard InChI is InChI=1S/C14H16BrN3O/c1-10-13(9-16-18-10)14(19)17-12(8-15)7-11-5-3-2-4-6-11/h2-6,9,12H,7-8H2,1H3,(H,16,18)(H,17,19). The maximum Gasteiger partial charge on any atom is 0.254 e. The lowest BCUT2D eigenvalue weighted by molar-refractivity contribution is 0.0940. The molecule has 0 radical (unpaired) electrons. The highest BCUT2D eigenvalue weighted by atomic mass is 79.9. The number of aryl methyl sites for hydroxylation is 1. The number of benzene rings is 1. The van der Waals surface area contributed by atoms with Crippen molar-refractivity contribution in [1.82, 2.24) is 15.5 Å². The first kappa shape index (κ1) is 13.8. The van der Waals surface area contributed by atoms with Crippen LogP contribution in [-0.4, -0.2) is 27.5 Å². The summed E-state index contributed by atoms with van der Waals surface area (Å²) in [6.45, 7) is 1.84. The molecule has 1 aromatic carbocycles. The van der Waals surface area contributed by atoms with E-state index in [1.807, 2.05) is 25.1 Å². The predicted octanol–water partition coefficient (Wildman–Crippen LogP) is 2.45. The average Bonchev–Trinajstić information content (AvgIpc) is 2.85. The summed E-state index contributed by atoms with van der Waals surface area (Å²) in [5.74, 6) is -0.0911. The number of halogens is 1. The third-order valence-electron chi connectivity index (χ3n) is 2.92. The molecule has 0 spiro atoms. The van der Waals surface area contributed by atoms with Crippen LogP contribution in [-0.2, 0) is 6.42 Å². The van der Waals surface area contributed by atoms with Crippen LogP contribution in [0.3, 0.4) is 0 Å². The highest BCUT2D eigenvalue weighted by Gasteiger charge is 2.15. The number of nitrogens with one attached hydrogen (secondary N) is 2. The minimum atomic E-state index is -0.0911. The van der Waals surface area contributed by atoms with Crippen molar-refractivity contribution < 1.29 is 4.79 Å². The second kappa shape index (κ2) is 6.52. The van der Waals surface area contributed by atoms with Gasteiger partial charge in [-0.1, -0.05) is 46.3 Å². The van der Waals surface area contributed by atoms with Crippen LogP contribution in [0.2, 0.25) is 0 Å². The van der Waals surface area contributed by atoms with Gasteiger partial charge in [0.1, 0.15) is 0 Å². The Labute approximate surface area is 120 Å². The van der Waals surface area contributed by atoms with Crippen molar-refractivity contribution in [2.75, 3.05) is 5.33 Å². The minimum absolute atomic E-state index is 0.0594. The molecule has 0 bridgehead atoms. The number of carbonyl (C=O) groups is 1. The van der Waals surface area contributed by atoms with Gasteiger partial charge in [0.15, 0.2) is 0 Å². The number of nitrogens with zero attached hydrogens (tertiary/aromatic N) is 1. The number of aromatic nitrogens is 2. The summed E-state index contributed by atoms with van der Waals surface area (Å²) in [7, 11) is 0. The van der Waals surface area contributed by atoms with Gasteiger partial charge in [0.25, 0.3) is 5.91 Å². The third-order valence-corrected chi connectivity index (χ3v) is 3.70. The summed E-state index contributed by atoms with van der Waals surface area (Å²) in [5, 5.41) is 10.4. The molecule has 2 N–H and O–H groups in total.